The summed E-state index contributed by atoms with van der Waals surface area (Å²) in [5, 5.41) is 4.72. The van der Waals surface area contributed by atoms with Crippen molar-refractivity contribution in [1.29, 1.82) is 0 Å². The van der Waals surface area contributed by atoms with Crippen molar-refractivity contribution in [2.24, 2.45) is 0 Å². The Morgan fingerprint density at radius 2 is 2.00 bits per heavy atom. The van der Waals surface area contributed by atoms with E-state index in [0.717, 1.165) is 11.1 Å². The molecule has 1 aliphatic rings. The molecular weight excluding hydrogens is 278 g/mol. The molecule has 1 fully saturated rings. The molecule has 0 atom stereocenters. The fourth-order valence-electron chi connectivity index (χ4n) is 2.07. The normalized spacial score (nSPS) is 17.3. The number of rotatable bonds is 5. The number of benzene rings is 1. The summed E-state index contributed by atoms with van der Waals surface area (Å²) in [5.41, 5.74) is 2.06. The SMILES string of the molecule is CNCc1cc(S(=O)(=O)NN2CCOCC2)ccc1C. The largest absolute Gasteiger partial charge is 0.379 e. The molecule has 112 valence electrons. The lowest BCUT2D eigenvalue weighted by Crippen LogP contribution is -2.48. The zero-order valence-electron chi connectivity index (χ0n) is 11.8. The lowest BCUT2D eigenvalue weighted by molar-refractivity contribution is 0.0272. The van der Waals surface area contributed by atoms with Crippen LogP contribution in [0.1, 0.15) is 11.1 Å². The predicted octanol–water partition coefficient (Wildman–Crippen LogP) is 0.240. The maximum Gasteiger partial charge on any atom is 0.253 e. The van der Waals surface area contributed by atoms with E-state index in [2.05, 4.69) is 10.1 Å². The molecule has 0 bridgehead atoms. The first-order valence-corrected chi connectivity index (χ1v) is 8.10. The second kappa shape index (κ2) is 6.64. The first kappa shape index (κ1) is 15.4. The van der Waals surface area contributed by atoms with E-state index in [1.807, 2.05) is 20.0 Å². The Morgan fingerprint density at radius 1 is 1.30 bits per heavy atom. The Balaban J connectivity index is 2.17. The van der Waals surface area contributed by atoms with Crippen LogP contribution in [0.2, 0.25) is 0 Å². The van der Waals surface area contributed by atoms with E-state index in [1.54, 1.807) is 17.1 Å². The van der Waals surface area contributed by atoms with Crippen LogP contribution in [0.4, 0.5) is 0 Å². The number of hydrazine groups is 1. The molecule has 1 aromatic rings. The molecule has 0 unspecified atom stereocenters. The topological polar surface area (TPSA) is 70.7 Å². The molecular formula is C13H21N3O3S. The second-order valence-electron chi connectivity index (χ2n) is 4.81. The third kappa shape index (κ3) is 3.77. The summed E-state index contributed by atoms with van der Waals surface area (Å²) < 4.78 is 29.9. The van der Waals surface area contributed by atoms with Crippen molar-refractivity contribution in [2.45, 2.75) is 18.4 Å². The van der Waals surface area contributed by atoms with E-state index < -0.39 is 10.0 Å². The van der Waals surface area contributed by atoms with Crippen LogP contribution in [0, 0.1) is 6.92 Å². The standard InChI is InChI=1S/C13H21N3O3S/c1-11-3-4-13(9-12(11)10-14-2)20(17,18)15-16-5-7-19-8-6-16/h3-4,9,14-15H,5-8,10H2,1-2H3. The molecule has 1 heterocycles. The molecule has 0 amide bonds. The first-order chi connectivity index (χ1) is 9.53. The molecule has 1 aliphatic heterocycles. The van der Waals surface area contributed by atoms with Gasteiger partial charge in [-0.1, -0.05) is 6.07 Å². The van der Waals surface area contributed by atoms with Gasteiger partial charge in [-0.3, -0.25) is 0 Å². The number of sulfonamides is 1. The number of nitrogens with zero attached hydrogens (tertiary/aromatic N) is 1. The van der Waals surface area contributed by atoms with Gasteiger partial charge < -0.3 is 10.1 Å². The van der Waals surface area contributed by atoms with Crippen LogP contribution in [0.25, 0.3) is 0 Å². The van der Waals surface area contributed by atoms with E-state index in [9.17, 15) is 8.42 Å². The van der Waals surface area contributed by atoms with Crippen molar-refractivity contribution in [3.8, 4) is 0 Å². The van der Waals surface area contributed by atoms with Gasteiger partial charge in [0.1, 0.15) is 0 Å². The minimum absolute atomic E-state index is 0.292. The molecule has 0 aliphatic carbocycles. The molecule has 0 radical (unpaired) electrons. The minimum atomic E-state index is -3.52. The molecule has 7 heteroatoms. The minimum Gasteiger partial charge on any atom is -0.379 e. The summed E-state index contributed by atoms with van der Waals surface area (Å²) >= 11 is 0. The smallest absolute Gasteiger partial charge is 0.253 e. The maximum atomic E-state index is 12.4. The van der Waals surface area contributed by atoms with Crippen molar-refractivity contribution in [1.82, 2.24) is 15.2 Å². The van der Waals surface area contributed by atoms with Gasteiger partial charge in [-0.05, 0) is 37.2 Å². The number of morpholine rings is 1. The van der Waals surface area contributed by atoms with Crippen LogP contribution >= 0.6 is 0 Å². The quantitative estimate of drug-likeness (QED) is 0.815. The van der Waals surface area contributed by atoms with Gasteiger partial charge >= 0.3 is 0 Å². The first-order valence-electron chi connectivity index (χ1n) is 6.62. The highest BCUT2D eigenvalue weighted by Gasteiger charge is 2.20. The van der Waals surface area contributed by atoms with Gasteiger partial charge in [-0.15, -0.1) is 4.83 Å². The average molecular weight is 299 g/mol. The highest BCUT2D eigenvalue weighted by molar-refractivity contribution is 7.89. The Kier molecular flexibility index (Phi) is 5.11. The molecule has 2 rings (SSSR count). The summed E-state index contributed by atoms with van der Waals surface area (Å²) in [6.45, 7) is 4.83. The fraction of sp³-hybridized carbons (Fsp3) is 0.538. The lowest BCUT2D eigenvalue weighted by Gasteiger charge is -2.26. The number of nitrogens with one attached hydrogen (secondary N) is 2. The van der Waals surface area contributed by atoms with Gasteiger partial charge in [0, 0.05) is 19.6 Å². The van der Waals surface area contributed by atoms with Gasteiger partial charge in [-0.25, -0.2) is 13.4 Å². The zero-order valence-corrected chi connectivity index (χ0v) is 12.7. The maximum absolute atomic E-state index is 12.4. The Hall–Kier alpha value is -0.990. The molecule has 1 aromatic carbocycles. The second-order valence-corrected chi connectivity index (χ2v) is 6.47. The van der Waals surface area contributed by atoms with Crippen LogP contribution in [0.15, 0.2) is 23.1 Å². The van der Waals surface area contributed by atoms with Gasteiger partial charge in [-0.2, -0.15) is 0 Å². The Morgan fingerprint density at radius 3 is 2.65 bits per heavy atom. The molecule has 6 nitrogen and oxygen atoms in total. The van der Waals surface area contributed by atoms with E-state index in [-0.39, 0.29) is 0 Å². The average Bonchev–Trinajstić information content (AvgIpc) is 2.42. The Bertz CT molecular complexity index is 554. The molecule has 0 saturated carbocycles. The van der Waals surface area contributed by atoms with Gasteiger partial charge in [0.15, 0.2) is 0 Å². The van der Waals surface area contributed by atoms with Crippen molar-refractivity contribution in [3.05, 3.63) is 29.3 Å². The van der Waals surface area contributed by atoms with E-state index >= 15 is 0 Å². The van der Waals surface area contributed by atoms with Crippen LogP contribution in [0.5, 0.6) is 0 Å². The third-order valence-corrected chi connectivity index (χ3v) is 4.63. The van der Waals surface area contributed by atoms with Crippen molar-refractivity contribution >= 4 is 10.0 Å². The molecule has 0 aromatic heterocycles. The monoisotopic (exact) mass is 299 g/mol. The number of hydrogen-bond donors (Lipinski definition) is 2. The predicted molar refractivity (Wildman–Crippen MR) is 76.7 cm³/mol. The van der Waals surface area contributed by atoms with Gasteiger partial charge in [0.05, 0.1) is 18.1 Å². The van der Waals surface area contributed by atoms with E-state index in [0.29, 0.717) is 37.7 Å². The number of hydrogen-bond acceptors (Lipinski definition) is 5. The summed E-state index contributed by atoms with van der Waals surface area (Å²) in [5.74, 6) is 0. The fourth-order valence-corrected chi connectivity index (χ4v) is 3.25. The van der Waals surface area contributed by atoms with Crippen LogP contribution in [-0.4, -0.2) is 46.8 Å². The van der Waals surface area contributed by atoms with Gasteiger partial charge in [0.2, 0.25) is 0 Å². The van der Waals surface area contributed by atoms with Crippen molar-refractivity contribution in [3.63, 3.8) is 0 Å². The highest BCUT2D eigenvalue weighted by atomic mass is 32.2. The summed E-state index contributed by atoms with van der Waals surface area (Å²) in [4.78, 5) is 2.90. The van der Waals surface area contributed by atoms with Crippen LogP contribution in [0.3, 0.4) is 0 Å². The van der Waals surface area contributed by atoms with Crippen molar-refractivity contribution in [2.75, 3.05) is 33.4 Å². The molecule has 2 N–H and O–H groups in total. The molecule has 1 saturated heterocycles. The lowest BCUT2D eigenvalue weighted by atomic mass is 10.1. The summed E-state index contributed by atoms with van der Waals surface area (Å²) in [7, 11) is -1.69. The number of ether oxygens (including phenoxy) is 1. The van der Waals surface area contributed by atoms with Gasteiger partial charge in [0.25, 0.3) is 10.0 Å². The summed E-state index contributed by atoms with van der Waals surface area (Å²) in [6, 6.07) is 5.19. The summed E-state index contributed by atoms with van der Waals surface area (Å²) in [6.07, 6.45) is 0. The van der Waals surface area contributed by atoms with E-state index in [4.69, 9.17) is 4.74 Å². The van der Waals surface area contributed by atoms with Crippen molar-refractivity contribution < 1.29 is 13.2 Å². The Labute approximate surface area is 120 Å². The zero-order chi connectivity index (χ0) is 14.6. The third-order valence-electron chi connectivity index (χ3n) is 3.26. The van der Waals surface area contributed by atoms with Crippen LogP contribution in [-0.2, 0) is 21.3 Å². The number of aryl methyl sites for hydroxylation is 1. The van der Waals surface area contributed by atoms with Crippen LogP contribution < -0.4 is 10.1 Å². The molecule has 20 heavy (non-hydrogen) atoms. The molecule has 0 spiro atoms. The highest BCUT2D eigenvalue weighted by Crippen LogP contribution is 2.16. The van der Waals surface area contributed by atoms with E-state index in [1.165, 1.54) is 0 Å².